The van der Waals surface area contributed by atoms with Gasteiger partial charge < -0.3 is 5.32 Å². The Morgan fingerprint density at radius 1 is 1.40 bits per heavy atom. The molecule has 0 amide bonds. The van der Waals surface area contributed by atoms with Gasteiger partial charge in [-0.15, -0.1) is 0 Å². The Hall–Kier alpha value is -0.840. The van der Waals surface area contributed by atoms with Crippen LogP contribution in [-0.2, 0) is 13.0 Å². The first-order chi connectivity index (χ1) is 9.67. The second-order valence-electron chi connectivity index (χ2n) is 4.74. The van der Waals surface area contributed by atoms with Crippen molar-refractivity contribution in [2.75, 3.05) is 7.05 Å². The minimum Gasteiger partial charge on any atom is -0.311 e. The van der Waals surface area contributed by atoms with Crippen LogP contribution in [-0.4, -0.2) is 16.8 Å². The molecule has 1 heterocycles. The maximum atomic E-state index is 6.27. The fraction of sp³-hybridized carbons (Fsp3) is 0.400. The number of nitrogens with zero attached hydrogens (tertiary/aromatic N) is 2. The fourth-order valence-corrected chi connectivity index (χ4v) is 3.11. The molecule has 0 aliphatic heterocycles. The SMILES string of the molecule is CCCn1ncc(Br)c1C(Cc1ccccc1Cl)NC. The predicted molar refractivity (Wildman–Crippen MR) is 87.2 cm³/mol. The number of halogens is 2. The van der Waals surface area contributed by atoms with Crippen LogP contribution in [0.1, 0.15) is 30.6 Å². The third-order valence-corrected chi connectivity index (χ3v) is 4.31. The van der Waals surface area contributed by atoms with Crippen molar-refractivity contribution < 1.29 is 0 Å². The summed E-state index contributed by atoms with van der Waals surface area (Å²) < 4.78 is 3.10. The number of rotatable bonds is 6. The molecule has 0 aliphatic rings. The van der Waals surface area contributed by atoms with Gasteiger partial charge in [0.15, 0.2) is 0 Å². The monoisotopic (exact) mass is 355 g/mol. The number of likely N-dealkylation sites (N-methyl/N-ethyl adjacent to an activating group) is 1. The Balaban J connectivity index is 2.29. The third kappa shape index (κ3) is 3.43. The van der Waals surface area contributed by atoms with Crippen molar-refractivity contribution in [2.24, 2.45) is 0 Å². The molecule has 0 aliphatic carbocycles. The van der Waals surface area contributed by atoms with Crippen LogP contribution in [0.4, 0.5) is 0 Å². The molecule has 0 bridgehead atoms. The van der Waals surface area contributed by atoms with Crippen LogP contribution in [0.5, 0.6) is 0 Å². The first kappa shape index (κ1) is 15.5. The highest BCUT2D eigenvalue weighted by Gasteiger charge is 2.19. The summed E-state index contributed by atoms with van der Waals surface area (Å²) in [5.74, 6) is 0. The van der Waals surface area contributed by atoms with Gasteiger partial charge in [-0.1, -0.05) is 36.7 Å². The largest absolute Gasteiger partial charge is 0.311 e. The first-order valence-electron chi connectivity index (χ1n) is 6.79. The van der Waals surface area contributed by atoms with Gasteiger partial charge in [0.1, 0.15) is 0 Å². The van der Waals surface area contributed by atoms with Gasteiger partial charge in [-0.2, -0.15) is 5.10 Å². The molecule has 5 heteroatoms. The quantitative estimate of drug-likeness (QED) is 0.840. The van der Waals surface area contributed by atoms with Crippen LogP contribution < -0.4 is 5.32 Å². The zero-order valence-corrected chi connectivity index (χ0v) is 14.1. The third-order valence-electron chi connectivity index (χ3n) is 3.33. The molecular formula is C15H19BrClN3. The van der Waals surface area contributed by atoms with Crippen LogP contribution in [0.25, 0.3) is 0 Å². The van der Waals surface area contributed by atoms with Gasteiger partial charge in [0.2, 0.25) is 0 Å². The van der Waals surface area contributed by atoms with E-state index < -0.39 is 0 Å². The zero-order chi connectivity index (χ0) is 14.5. The smallest absolute Gasteiger partial charge is 0.0698 e. The Morgan fingerprint density at radius 2 is 2.15 bits per heavy atom. The van der Waals surface area contributed by atoms with Gasteiger partial charge in [0, 0.05) is 11.6 Å². The van der Waals surface area contributed by atoms with Crippen molar-refractivity contribution in [1.82, 2.24) is 15.1 Å². The summed E-state index contributed by atoms with van der Waals surface area (Å²) in [4.78, 5) is 0. The summed E-state index contributed by atoms with van der Waals surface area (Å²) >= 11 is 9.87. The Morgan fingerprint density at radius 3 is 2.80 bits per heavy atom. The lowest BCUT2D eigenvalue weighted by molar-refractivity contribution is 0.495. The molecule has 2 rings (SSSR count). The number of nitrogens with one attached hydrogen (secondary N) is 1. The van der Waals surface area contributed by atoms with Crippen molar-refractivity contribution in [3.63, 3.8) is 0 Å². The zero-order valence-electron chi connectivity index (χ0n) is 11.7. The molecule has 0 saturated carbocycles. The second kappa shape index (κ2) is 7.25. The molecular weight excluding hydrogens is 338 g/mol. The summed E-state index contributed by atoms with van der Waals surface area (Å²) in [7, 11) is 1.97. The second-order valence-corrected chi connectivity index (χ2v) is 6.00. The number of aryl methyl sites for hydroxylation is 1. The standard InChI is InChI=1S/C15H19BrClN3/c1-3-8-20-15(12(16)10-19-20)14(18-2)9-11-6-4-5-7-13(11)17/h4-7,10,14,18H,3,8-9H2,1-2H3. The van der Waals surface area contributed by atoms with Crippen molar-refractivity contribution in [3.8, 4) is 0 Å². The van der Waals surface area contributed by atoms with E-state index in [0.29, 0.717) is 0 Å². The molecule has 20 heavy (non-hydrogen) atoms. The molecule has 1 N–H and O–H groups in total. The van der Waals surface area contributed by atoms with E-state index in [2.05, 4.69) is 44.0 Å². The lowest BCUT2D eigenvalue weighted by atomic mass is 10.0. The lowest BCUT2D eigenvalue weighted by Crippen LogP contribution is -2.23. The summed E-state index contributed by atoms with van der Waals surface area (Å²) in [6.07, 6.45) is 3.76. The molecule has 108 valence electrons. The van der Waals surface area contributed by atoms with Crippen LogP contribution in [0.2, 0.25) is 5.02 Å². The summed E-state index contributed by atoms with van der Waals surface area (Å²) in [5.41, 5.74) is 2.32. The molecule has 0 saturated heterocycles. The van der Waals surface area contributed by atoms with Crippen molar-refractivity contribution in [1.29, 1.82) is 0 Å². The van der Waals surface area contributed by atoms with Crippen LogP contribution in [0.3, 0.4) is 0 Å². The highest BCUT2D eigenvalue weighted by atomic mass is 79.9. The van der Waals surface area contributed by atoms with Crippen molar-refractivity contribution in [3.05, 3.63) is 51.2 Å². The maximum Gasteiger partial charge on any atom is 0.0698 e. The van der Waals surface area contributed by atoms with Gasteiger partial charge in [0.05, 0.1) is 22.4 Å². The minimum absolute atomic E-state index is 0.179. The number of hydrogen-bond acceptors (Lipinski definition) is 2. The van der Waals surface area contributed by atoms with Gasteiger partial charge in [-0.25, -0.2) is 0 Å². The van der Waals surface area contributed by atoms with E-state index >= 15 is 0 Å². The topological polar surface area (TPSA) is 29.9 Å². The van der Waals surface area contributed by atoms with Gasteiger partial charge in [0.25, 0.3) is 0 Å². The lowest BCUT2D eigenvalue weighted by Gasteiger charge is -2.19. The molecule has 2 aromatic rings. The highest BCUT2D eigenvalue weighted by Crippen LogP contribution is 2.28. The van der Waals surface area contributed by atoms with Crippen molar-refractivity contribution in [2.45, 2.75) is 32.4 Å². The summed E-state index contributed by atoms with van der Waals surface area (Å²) in [5, 5.41) is 8.62. The molecule has 1 unspecified atom stereocenters. The Bertz CT molecular complexity index is 568. The Labute approximate surface area is 133 Å². The van der Waals surface area contributed by atoms with E-state index in [4.69, 9.17) is 11.6 Å². The molecule has 1 atom stereocenters. The van der Waals surface area contributed by atoms with Crippen LogP contribution in [0, 0.1) is 0 Å². The number of benzene rings is 1. The molecule has 1 aromatic carbocycles. The number of hydrogen-bond donors (Lipinski definition) is 1. The van der Waals surface area contributed by atoms with Gasteiger partial charge in [-0.3, -0.25) is 4.68 Å². The van der Waals surface area contributed by atoms with E-state index in [1.165, 1.54) is 5.69 Å². The van der Waals surface area contributed by atoms with Gasteiger partial charge >= 0.3 is 0 Å². The Kier molecular flexibility index (Phi) is 5.64. The van der Waals surface area contributed by atoms with E-state index in [1.807, 2.05) is 31.4 Å². The van der Waals surface area contributed by atoms with E-state index in [0.717, 1.165) is 34.4 Å². The van der Waals surface area contributed by atoms with E-state index in [1.54, 1.807) is 0 Å². The molecule has 1 aromatic heterocycles. The fourth-order valence-electron chi connectivity index (χ4n) is 2.33. The highest BCUT2D eigenvalue weighted by molar-refractivity contribution is 9.10. The molecule has 3 nitrogen and oxygen atoms in total. The predicted octanol–water partition coefficient (Wildman–Crippen LogP) is 4.21. The molecule has 0 fully saturated rings. The summed E-state index contributed by atoms with van der Waals surface area (Å²) in [6.45, 7) is 3.07. The van der Waals surface area contributed by atoms with Gasteiger partial charge in [-0.05, 0) is 47.4 Å². The van der Waals surface area contributed by atoms with E-state index in [-0.39, 0.29) is 6.04 Å². The summed E-state index contributed by atoms with van der Waals surface area (Å²) in [6, 6.07) is 8.16. The molecule has 0 radical (unpaired) electrons. The van der Waals surface area contributed by atoms with Crippen LogP contribution in [0.15, 0.2) is 34.9 Å². The average molecular weight is 357 g/mol. The maximum absolute atomic E-state index is 6.27. The first-order valence-corrected chi connectivity index (χ1v) is 7.96. The molecule has 0 spiro atoms. The van der Waals surface area contributed by atoms with E-state index in [9.17, 15) is 0 Å². The minimum atomic E-state index is 0.179. The average Bonchev–Trinajstić information content (AvgIpc) is 2.80. The van der Waals surface area contributed by atoms with Crippen LogP contribution >= 0.6 is 27.5 Å². The normalized spacial score (nSPS) is 12.6. The number of aromatic nitrogens is 2. The van der Waals surface area contributed by atoms with Crippen molar-refractivity contribution >= 4 is 27.5 Å².